The molecule has 1 aromatic rings. The molecule has 0 N–H and O–H groups in total. The lowest BCUT2D eigenvalue weighted by Crippen LogP contribution is -2.02. The zero-order valence-corrected chi connectivity index (χ0v) is 8.36. The maximum absolute atomic E-state index is 13.3. The number of carbonyl (C=O) groups excluding carboxylic acids is 1. The molecule has 1 atom stereocenters. The average Bonchev–Trinajstić information content (AvgIpc) is 2.16. The SMILES string of the molecule is Cc1cc(F)c(C(C)C=O)cc1[N+](=O)[O-]. The molecule has 5 heteroatoms. The van der Waals surface area contributed by atoms with E-state index in [0.29, 0.717) is 6.29 Å². The summed E-state index contributed by atoms with van der Waals surface area (Å²) in [6, 6.07) is 2.19. The van der Waals surface area contributed by atoms with Crippen LogP contribution in [0.4, 0.5) is 10.1 Å². The van der Waals surface area contributed by atoms with Gasteiger partial charge in [0.25, 0.3) is 5.69 Å². The molecule has 1 rings (SSSR count). The van der Waals surface area contributed by atoms with Crippen molar-refractivity contribution in [2.24, 2.45) is 0 Å². The van der Waals surface area contributed by atoms with Gasteiger partial charge in [-0.05, 0) is 13.0 Å². The van der Waals surface area contributed by atoms with Gasteiger partial charge in [0, 0.05) is 23.1 Å². The van der Waals surface area contributed by atoms with Crippen molar-refractivity contribution in [3.63, 3.8) is 0 Å². The summed E-state index contributed by atoms with van der Waals surface area (Å²) in [4.78, 5) is 20.5. The Labute approximate surface area is 85.9 Å². The molecule has 15 heavy (non-hydrogen) atoms. The third kappa shape index (κ3) is 2.18. The van der Waals surface area contributed by atoms with E-state index < -0.39 is 16.7 Å². The van der Waals surface area contributed by atoms with Crippen molar-refractivity contribution in [3.05, 3.63) is 39.2 Å². The average molecular weight is 211 g/mol. The monoisotopic (exact) mass is 211 g/mol. The largest absolute Gasteiger partial charge is 0.303 e. The Bertz CT molecular complexity index is 417. The minimum atomic E-state index is -0.677. The third-order valence-electron chi connectivity index (χ3n) is 2.21. The summed E-state index contributed by atoms with van der Waals surface area (Å²) in [5.74, 6) is -1.26. The Hall–Kier alpha value is -1.78. The Kier molecular flexibility index (Phi) is 3.14. The van der Waals surface area contributed by atoms with E-state index in [9.17, 15) is 19.3 Å². The van der Waals surface area contributed by atoms with Crippen molar-refractivity contribution >= 4 is 12.0 Å². The van der Waals surface area contributed by atoms with Gasteiger partial charge in [0.1, 0.15) is 12.1 Å². The highest BCUT2D eigenvalue weighted by atomic mass is 19.1. The Morgan fingerprint density at radius 1 is 1.53 bits per heavy atom. The van der Waals surface area contributed by atoms with Crippen LogP contribution in [0.25, 0.3) is 0 Å². The predicted octanol–water partition coefficient (Wildman–Crippen LogP) is 2.34. The first kappa shape index (κ1) is 11.3. The quantitative estimate of drug-likeness (QED) is 0.438. The van der Waals surface area contributed by atoms with Crippen LogP contribution in [0.15, 0.2) is 12.1 Å². The Morgan fingerprint density at radius 3 is 2.60 bits per heavy atom. The highest BCUT2D eigenvalue weighted by Crippen LogP contribution is 2.26. The van der Waals surface area contributed by atoms with E-state index in [0.717, 1.165) is 12.1 Å². The molecule has 0 saturated heterocycles. The molecule has 0 amide bonds. The second-order valence-electron chi connectivity index (χ2n) is 3.34. The molecule has 4 nitrogen and oxygen atoms in total. The molecule has 0 fully saturated rings. The fourth-order valence-corrected chi connectivity index (χ4v) is 1.30. The van der Waals surface area contributed by atoms with Crippen molar-refractivity contribution in [3.8, 4) is 0 Å². The first-order valence-corrected chi connectivity index (χ1v) is 4.37. The number of nitro groups is 1. The highest BCUT2D eigenvalue weighted by Gasteiger charge is 2.18. The molecule has 0 bridgehead atoms. The number of benzene rings is 1. The van der Waals surface area contributed by atoms with E-state index in [1.54, 1.807) is 0 Å². The van der Waals surface area contributed by atoms with Crippen molar-refractivity contribution in [1.29, 1.82) is 0 Å². The summed E-state index contributed by atoms with van der Waals surface area (Å²) in [5.41, 5.74) is 0.141. The Balaban J connectivity index is 3.35. The van der Waals surface area contributed by atoms with Gasteiger partial charge < -0.3 is 4.79 Å². The number of nitrogens with zero attached hydrogens (tertiary/aromatic N) is 1. The Morgan fingerprint density at radius 2 is 2.13 bits per heavy atom. The zero-order chi connectivity index (χ0) is 11.6. The topological polar surface area (TPSA) is 60.2 Å². The molecule has 0 spiro atoms. The lowest BCUT2D eigenvalue weighted by Gasteiger charge is -2.07. The maximum Gasteiger partial charge on any atom is 0.272 e. The summed E-state index contributed by atoms with van der Waals surface area (Å²) < 4.78 is 13.3. The first-order valence-electron chi connectivity index (χ1n) is 4.37. The second kappa shape index (κ2) is 4.16. The molecule has 0 heterocycles. The van der Waals surface area contributed by atoms with Gasteiger partial charge in [0.2, 0.25) is 0 Å². The zero-order valence-electron chi connectivity index (χ0n) is 8.36. The predicted molar refractivity (Wildman–Crippen MR) is 52.3 cm³/mol. The van der Waals surface area contributed by atoms with Gasteiger partial charge in [-0.15, -0.1) is 0 Å². The maximum atomic E-state index is 13.3. The van der Waals surface area contributed by atoms with Gasteiger partial charge in [-0.1, -0.05) is 6.92 Å². The van der Waals surface area contributed by atoms with Crippen LogP contribution in [0.5, 0.6) is 0 Å². The summed E-state index contributed by atoms with van der Waals surface area (Å²) in [6.45, 7) is 2.95. The fourth-order valence-electron chi connectivity index (χ4n) is 1.30. The molecule has 0 aliphatic rings. The number of aryl methyl sites for hydroxylation is 1. The van der Waals surface area contributed by atoms with Crippen LogP contribution in [0, 0.1) is 22.9 Å². The van der Waals surface area contributed by atoms with Gasteiger partial charge in [-0.3, -0.25) is 10.1 Å². The van der Waals surface area contributed by atoms with Crippen molar-refractivity contribution in [2.45, 2.75) is 19.8 Å². The summed E-state index contributed by atoms with van der Waals surface area (Å²) in [7, 11) is 0. The number of hydrogen-bond donors (Lipinski definition) is 0. The van der Waals surface area contributed by atoms with E-state index in [4.69, 9.17) is 0 Å². The summed E-state index contributed by atoms with van der Waals surface area (Å²) >= 11 is 0. The fraction of sp³-hybridized carbons (Fsp3) is 0.300. The van der Waals surface area contributed by atoms with E-state index in [1.807, 2.05) is 0 Å². The van der Waals surface area contributed by atoms with Gasteiger partial charge >= 0.3 is 0 Å². The van der Waals surface area contributed by atoms with E-state index >= 15 is 0 Å². The van der Waals surface area contributed by atoms with Crippen LogP contribution in [0.1, 0.15) is 24.0 Å². The number of aldehydes is 1. The first-order chi connectivity index (χ1) is 6.97. The minimum absolute atomic E-state index is 0.0577. The number of rotatable bonds is 3. The number of hydrogen-bond acceptors (Lipinski definition) is 3. The van der Waals surface area contributed by atoms with E-state index in [-0.39, 0.29) is 16.8 Å². The number of nitro benzene ring substituents is 1. The normalized spacial score (nSPS) is 12.2. The molecular formula is C10H10FNO3. The molecule has 0 aromatic heterocycles. The lowest BCUT2D eigenvalue weighted by atomic mass is 9.99. The van der Waals surface area contributed by atoms with Gasteiger partial charge in [0.15, 0.2) is 0 Å². The van der Waals surface area contributed by atoms with E-state index in [2.05, 4.69) is 0 Å². The standard InChI is InChI=1S/C10H10FNO3/c1-6-3-9(11)8(7(2)5-13)4-10(6)12(14)15/h3-5,7H,1-2H3. The lowest BCUT2D eigenvalue weighted by molar-refractivity contribution is -0.385. The molecule has 0 saturated carbocycles. The van der Waals surface area contributed by atoms with Crippen LogP contribution >= 0.6 is 0 Å². The molecule has 1 aromatic carbocycles. The molecule has 1 unspecified atom stereocenters. The highest BCUT2D eigenvalue weighted by molar-refractivity contribution is 5.63. The van der Waals surface area contributed by atoms with Crippen LogP contribution in [-0.4, -0.2) is 11.2 Å². The molecule has 80 valence electrons. The van der Waals surface area contributed by atoms with Crippen molar-refractivity contribution in [1.82, 2.24) is 0 Å². The van der Waals surface area contributed by atoms with Crippen LogP contribution in [0.3, 0.4) is 0 Å². The van der Waals surface area contributed by atoms with Gasteiger partial charge in [-0.25, -0.2) is 4.39 Å². The second-order valence-corrected chi connectivity index (χ2v) is 3.34. The summed E-state index contributed by atoms with van der Waals surface area (Å²) in [6.07, 6.45) is 0.553. The minimum Gasteiger partial charge on any atom is -0.303 e. The van der Waals surface area contributed by atoms with Crippen molar-refractivity contribution in [2.75, 3.05) is 0 Å². The molecule has 0 radical (unpaired) electrons. The molecule has 0 aliphatic heterocycles. The molecule has 0 aliphatic carbocycles. The molecular weight excluding hydrogens is 201 g/mol. The number of carbonyl (C=O) groups is 1. The smallest absolute Gasteiger partial charge is 0.272 e. The third-order valence-corrected chi connectivity index (χ3v) is 2.21. The van der Waals surface area contributed by atoms with Crippen LogP contribution in [-0.2, 0) is 4.79 Å². The van der Waals surface area contributed by atoms with Crippen LogP contribution < -0.4 is 0 Å². The van der Waals surface area contributed by atoms with Gasteiger partial charge in [0.05, 0.1) is 4.92 Å². The number of halogens is 1. The summed E-state index contributed by atoms with van der Waals surface area (Å²) in [5, 5.41) is 10.6. The van der Waals surface area contributed by atoms with Gasteiger partial charge in [-0.2, -0.15) is 0 Å². The van der Waals surface area contributed by atoms with E-state index in [1.165, 1.54) is 13.8 Å². The van der Waals surface area contributed by atoms with Crippen LogP contribution in [0.2, 0.25) is 0 Å². The van der Waals surface area contributed by atoms with Crippen molar-refractivity contribution < 1.29 is 14.1 Å².